The van der Waals surface area contributed by atoms with Gasteiger partial charge in [-0.05, 0) is 18.6 Å². The van der Waals surface area contributed by atoms with E-state index < -0.39 is 0 Å². The lowest BCUT2D eigenvalue weighted by atomic mass is 10.1. The summed E-state index contributed by atoms with van der Waals surface area (Å²) in [4.78, 5) is 10.6. The number of benzene rings is 1. The number of nitrogens with one attached hydrogen (secondary N) is 1. The standard InChI is InChI=1S/C15H17N3O2/c1-11-10-14(13-6-4-3-5-7-13)17-18-15(11)16-8-9-20-12(2)19/h3-7,10H,8-9H2,1-2H3,(H,16,18). The number of esters is 1. The SMILES string of the molecule is CC(=O)OCCNc1nnc(-c2ccccc2)cc1C. The summed E-state index contributed by atoms with van der Waals surface area (Å²) in [5.41, 5.74) is 2.88. The van der Waals surface area contributed by atoms with E-state index in [2.05, 4.69) is 15.5 Å². The third kappa shape index (κ3) is 3.78. The number of aromatic nitrogens is 2. The number of carbonyl (C=O) groups is 1. The number of aryl methyl sites for hydroxylation is 1. The van der Waals surface area contributed by atoms with E-state index in [-0.39, 0.29) is 5.97 Å². The summed E-state index contributed by atoms with van der Waals surface area (Å²) in [6.45, 7) is 4.19. The van der Waals surface area contributed by atoms with Gasteiger partial charge in [0.25, 0.3) is 0 Å². The van der Waals surface area contributed by atoms with Crippen molar-refractivity contribution < 1.29 is 9.53 Å². The van der Waals surface area contributed by atoms with Crippen molar-refractivity contribution in [3.05, 3.63) is 42.0 Å². The van der Waals surface area contributed by atoms with Crippen molar-refractivity contribution in [3.63, 3.8) is 0 Å². The van der Waals surface area contributed by atoms with E-state index in [1.165, 1.54) is 6.92 Å². The number of hydrogen-bond donors (Lipinski definition) is 1. The lowest BCUT2D eigenvalue weighted by molar-refractivity contribution is -0.140. The Morgan fingerprint density at radius 2 is 2.00 bits per heavy atom. The maximum absolute atomic E-state index is 10.6. The van der Waals surface area contributed by atoms with Crippen LogP contribution in [0.5, 0.6) is 0 Å². The van der Waals surface area contributed by atoms with Gasteiger partial charge in [-0.25, -0.2) is 0 Å². The molecule has 0 radical (unpaired) electrons. The van der Waals surface area contributed by atoms with Crippen molar-refractivity contribution in [2.45, 2.75) is 13.8 Å². The topological polar surface area (TPSA) is 64.1 Å². The number of rotatable bonds is 5. The third-order valence-electron chi connectivity index (χ3n) is 2.75. The molecule has 0 aliphatic heterocycles. The lowest BCUT2D eigenvalue weighted by Gasteiger charge is -2.09. The minimum atomic E-state index is -0.283. The van der Waals surface area contributed by atoms with Crippen LogP contribution in [0.2, 0.25) is 0 Å². The predicted molar refractivity (Wildman–Crippen MR) is 77.3 cm³/mol. The third-order valence-corrected chi connectivity index (χ3v) is 2.75. The summed E-state index contributed by atoms with van der Waals surface area (Å²) < 4.78 is 4.85. The molecule has 0 aliphatic rings. The van der Waals surface area contributed by atoms with Crippen LogP contribution in [0.4, 0.5) is 5.82 Å². The van der Waals surface area contributed by atoms with Crippen molar-refractivity contribution in [2.75, 3.05) is 18.5 Å². The first kappa shape index (κ1) is 14.0. The monoisotopic (exact) mass is 271 g/mol. The van der Waals surface area contributed by atoms with Crippen molar-refractivity contribution in [2.24, 2.45) is 0 Å². The van der Waals surface area contributed by atoms with E-state index in [9.17, 15) is 4.79 Å². The minimum absolute atomic E-state index is 0.283. The van der Waals surface area contributed by atoms with Crippen LogP contribution in [-0.4, -0.2) is 29.3 Å². The Labute approximate surface area is 118 Å². The van der Waals surface area contributed by atoms with Crippen molar-refractivity contribution in [1.29, 1.82) is 0 Å². The van der Waals surface area contributed by atoms with Crippen LogP contribution in [0.15, 0.2) is 36.4 Å². The number of anilines is 1. The average Bonchev–Trinajstić information content (AvgIpc) is 2.45. The van der Waals surface area contributed by atoms with Crippen LogP contribution < -0.4 is 5.32 Å². The van der Waals surface area contributed by atoms with Gasteiger partial charge in [-0.1, -0.05) is 30.3 Å². The van der Waals surface area contributed by atoms with Crippen LogP contribution in [0.25, 0.3) is 11.3 Å². The molecule has 104 valence electrons. The Morgan fingerprint density at radius 3 is 2.65 bits per heavy atom. The molecule has 5 nitrogen and oxygen atoms in total. The van der Waals surface area contributed by atoms with Gasteiger partial charge in [0.2, 0.25) is 0 Å². The normalized spacial score (nSPS) is 10.1. The minimum Gasteiger partial charge on any atom is -0.464 e. The predicted octanol–water partition coefficient (Wildman–Crippen LogP) is 2.43. The van der Waals surface area contributed by atoms with Crippen molar-refractivity contribution in [1.82, 2.24) is 10.2 Å². The Kier molecular flexibility index (Phi) is 4.65. The van der Waals surface area contributed by atoms with Gasteiger partial charge in [0.05, 0.1) is 12.2 Å². The van der Waals surface area contributed by atoms with E-state index in [0.717, 1.165) is 16.8 Å². The van der Waals surface area contributed by atoms with E-state index >= 15 is 0 Å². The molecule has 1 heterocycles. The summed E-state index contributed by atoms with van der Waals surface area (Å²) in [7, 11) is 0. The zero-order valence-corrected chi connectivity index (χ0v) is 11.6. The molecule has 0 atom stereocenters. The second kappa shape index (κ2) is 6.65. The molecule has 0 unspecified atom stereocenters. The highest BCUT2D eigenvalue weighted by atomic mass is 16.5. The molecule has 0 saturated heterocycles. The van der Waals surface area contributed by atoms with Crippen LogP contribution >= 0.6 is 0 Å². The molecule has 5 heteroatoms. The molecule has 1 N–H and O–H groups in total. The van der Waals surface area contributed by atoms with Crippen molar-refractivity contribution >= 4 is 11.8 Å². The van der Waals surface area contributed by atoms with E-state index in [1.807, 2.05) is 43.3 Å². The van der Waals surface area contributed by atoms with Gasteiger partial charge < -0.3 is 10.1 Å². The molecule has 1 aromatic carbocycles. The van der Waals surface area contributed by atoms with Gasteiger partial charge in [0.15, 0.2) is 5.82 Å². The average molecular weight is 271 g/mol. The fraction of sp³-hybridized carbons (Fsp3) is 0.267. The summed E-state index contributed by atoms with van der Waals surface area (Å²) in [5.74, 6) is 0.422. The Balaban J connectivity index is 2.01. The van der Waals surface area contributed by atoms with Gasteiger partial charge >= 0.3 is 5.97 Å². The van der Waals surface area contributed by atoms with E-state index in [1.54, 1.807) is 0 Å². The molecule has 20 heavy (non-hydrogen) atoms. The van der Waals surface area contributed by atoms with Gasteiger partial charge in [0.1, 0.15) is 6.61 Å². The molecule has 0 bridgehead atoms. The second-order valence-corrected chi connectivity index (χ2v) is 4.39. The molecular weight excluding hydrogens is 254 g/mol. The van der Waals surface area contributed by atoms with Gasteiger partial charge in [-0.3, -0.25) is 4.79 Å². The first-order valence-corrected chi connectivity index (χ1v) is 6.44. The summed E-state index contributed by atoms with van der Waals surface area (Å²) in [5, 5.41) is 11.5. The zero-order valence-electron chi connectivity index (χ0n) is 11.6. The number of hydrogen-bond acceptors (Lipinski definition) is 5. The van der Waals surface area contributed by atoms with Crippen LogP contribution in [0.1, 0.15) is 12.5 Å². The molecule has 0 spiro atoms. The van der Waals surface area contributed by atoms with E-state index in [0.29, 0.717) is 19.0 Å². The summed E-state index contributed by atoms with van der Waals surface area (Å²) >= 11 is 0. The van der Waals surface area contributed by atoms with Crippen LogP contribution in [0, 0.1) is 6.92 Å². The first-order chi connectivity index (χ1) is 9.66. The fourth-order valence-electron chi connectivity index (χ4n) is 1.77. The highest BCUT2D eigenvalue weighted by molar-refractivity contribution is 5.66. The smallest absolute Gasteiger partial charge is 0.302 e. The molecule has 0 saturated carbocycles. The van der Waals surface area contributed by atoms with Gasteiger partial charge in [0, 0.05) is 12.5 Å². The van der Waals surface area contributed by atoms with Gasteiger partial charge in [-0.2, -0.15) is 0 Å². The Hall–Kier alpha value is -2.43. The van der Waals surface area contributed by atoms with Crippen LogP contribution in [0.3, 0.4) is 0 Å². The summed E-state index contributed by atoms with van der Waals surface area (Å²) in [6, 6.07) is 11.9. The summed E-state index contributed by atoms with van der Waals surface area (Å²) in [6.07, 6.45) is 0. The van der Waals surface area contributed by atoms with E-state index in [4.69, 9.17) is 4.74 Å². The molecule has 2 rings (SSSR count). The molecular formula is C15H17N3O2. The number of ether oxygens (including phenoxy) is 1. The molecule has 1 aromatic heterocycles. The Morgan fingerprint density at radius 1 is 1.25 bits per heavy atom. The zero-order chi connectivity index (χ0) is 14.4. The fourth-order valence-corrected chi connectivity index (χ4v) is 1.77. The van der Waals surface area contributed by atoms with Crippen LogP contribution in [-0.2, 0) is 9.53 Å². The number of carbonyl (C=O) groups excluding carboxylic acids is 1. The second-order valence-electron chi connectivity index (χ2n) is 4.39. The van der Waals surface area contributed by atoms with Crippen molar-refractivity contribution in [3.8, 4) is 11.3 Å². The quantitative estimate of drug-likeness (QED) is 0.668. The lowest BCUT2D eigenvalue weighted by Crippen LogP contribution is -2.13. The van der Waals surface area contributed by atoms with Gasteiger partial charge in [-0.15, -0.1) is 10.2 Å². The molecule has 0 amide bonds. The molecule has 0 aliphatic carbocycles. The maximum Gasteiger partial charge on any atom is 0.302 e. The highest BCUT2D eigenvalue weighted by Gasteiger charge is 2.05. The maximum atomic E-state index is 10.6. The largest absolute Gasteiger partial charge is 0.464 e. The first-order valence-electron chi connectivity index (χ1n) is 6.44. The Bertz CT molecular complexity index is 585. The molecule has 0 fully saturated rings. The number of nitrogens with zero attached hydrogens (tertiary/aromatic N) is 2. The molecule has 2 aromatic rings. The highest BCUT2D eigenvalue weighted by Crippen LogP contribution is 2.19.